The van der Waals surface area contributed by atoms with Crippen molar-refractivity contribution in [1.82, 2.24) is 9.21 Å². The van der Waals surface area contributed by atoms with Crippen LogP contribution in [0.15, 0.2) is 47.4 Å². The molecule has 1 heterocycles. The van der Waals surface area contributed by atoms with E-state index in [1.165, 1.54) is 36.2 Å². The highest BCUT2D eigenvalue weighted by Gasteiger charge is 2.31. The van der Waals surface area contributed by atoms with Gasteiger partial charge in [-0.05, 0) is 35.2 Å². The van der Waals surface area contributed by atoms with E-state index in [-0.39, 0.29) is 35.9 Å². The third kappa shape index (κ3) is 5.78. The summed E-state index contributed by atoms with van der Waals surface area (Å²) in [4.78, 5) is 14.3. The van der Waals surface area contributed by atoms with Crippen molar-refractivity contribution in [3.63, 3.8) is 0 Å². The highest BCUT2D eigenvalue weighted by Crippen LogP contribution is 2.31. The molecular formula is C24H32N2O6S. The van der Waals surface area contributed by atoms with Gasteiger partial charge in [-0.1, -0.05) is 32.9 Å². The van der Waals surface area contributed by atoms with Crippen LogP contribution in [-0.2, 0) is 20.2 Å². The fourth-order valence-corrected chi connectivity index (χ4v) is 5.03. The van der Waals surface area contributed by atoms with E-state index in [0.29, 0.717) is 30.3 Å². The van der Waals surface area contributed by atoms with E-state index in [1.54, 1.807) is 11.0 Å². The summed E-state index contributed by atoms with van der Waals surface area (Å²) >= 11 is 0. The molecule has 1 saturated heterocycles. The molecule has 0 N–H and O–H groups in total. The van der Waals surface area contributed by atoms with Crippen molar-refractivity contribution < 1.29 is 27.4 Å². The third-order valence-electron chi connectivity index (χ3n) is 5.67. The van der Waals surface area contributed by atoms with Gasteiger partial charge in [0.05, 0.1) is 19.1 Å². The molecule has 0 radical (unpaired) electrons. The lowest BCUT2D eigenvalue weighted by atomic mass is 9.87. The Hall–Kier alpha value is -2.78. The van der Waals surface area contributed by atoms with Crippen molar-refractivity contribution in [3.05, 3.63) is 48.0 Å². The molecule has 9 heteroatoms. The lowest BCUT2D eigenvalue weighted by Crippen LogP contribution is -2.51. The van der Waals surface area contributed by atoms with E-state index < -0.39 is 10.0 Å². The molecule has 0 bridgehead atoms. The van der Waals surface area contributed by atoms with E-state index in [4.69, 9.17) is 14.2 Å². The Bertz CT molecular complexity index is 1070. The van der Waals surface area contributed by atoms with Crippen LogP contribution in [0.3, 0.4) is 0 Å². The molecule has 1 aliphatic rings. The molecule has 0 spiro atoms. The summed E-state index contributed by atoms with van der Waals surface area (Å²) in [6.07, 6.45) is 0. The normalized spacial score (nSPS) is 15.2. The van der Waals surface area contributed by atoms with Gasteiger partial charge in [-0.2, -0.15) is 4.31 Å². The van der Waals surface area contributed by atoms with Crippen molar-refractivity contribution in [2.45, 2.75) is 31.1 Å². The Morgan fingerprint density at radius 3 is 2.06 bits per heavy atom. The van der Waals surface area contributed by atoms with Gasteiger partial charge in [-0.3, -0.25) is 4.79 Å². The molecular weight excluding hydrogens is 444 g/mol. The van der Waals surface area contributed by atoms with Crippen LogP contribution in [0.5, 0.6) is 17.2 Å². The molecule has 1 fully saturated rings. The molecule has 2 aromatic carbocycles. The van der Waals surface area contributed by atoms with Crippen LogP contribution in [0, 0.1) is 0 Å². The molecule has 1 aliphatic heterocycles. The number of carbonyl (C=O) groups excluding carboxylic acids is 1. The van der Waals surface area contributed by atoms with Crippen LogP contribution in [0.4, 0.5) is 0 Å². The van der Waals surface area contributed by atoms with Crippen molar-refractivity contribution in [1.29, 1.82) is 0 Å². The Morgan fingerprint density at radius 2 is 1.52 bits per heavy atom. The van der Waals surface area contributed by atoms with Crippen LogP contribution in [0.2, 0.25) is 0 Å². The minimum absolute atomic E-state index is 0.0469. The van der Waals surface area contributed by atoms with Gasteiger partial charge in [0.1, 0.15) is 5.75 Å². The summed E-state index contributed by atoms with van der Waals surface area (Å²) in [6.45, 7) is 7.35. The number of rotatable bonds is 7. The zero-order valence-corrected chi connectivity index (χ0v) is 20.6. The minimum Gasteiger partial charge on any atom is -0.493 e. The van der Waals surface area contributed by atoms with Crippen molar-refractivity contribution in [3.8, 4) is 17.2 Å². The number of carbonyl (C=O) groups is 1. The number of sulfonamides is 1. The fourth-order valence-electron chi connectivity index (χ4n) is 3.59. The average Bonchev–Trinajstić information content (AvgIpc) is 2.81. The van der Waals surface area contributed by atoms with E-state index in [1.807, 2.05) is 24.3 Å². The van der Waals surface area contributed by atoms with Crippen LogP contribution >= 0.6 is 0 Å². The topological polar surface area (TPSA) is 85.4 Å². The number of hydrogen-bond acceptors (Lipinski definition) is 6. The predicted molar refractivity (Wildman–Crippen MR) is 126 cm³/mol. The Balaban J connectivity index is 1.56. The summed E-state index contributed by atoms with van der Waals surface area (Å²) in [7, 11) is -0.761. The van der Waals surface area contributed by atoms with Gasteiger partial charge in [-0.25, -0.2) is 8.42 Å². The van der Waals surface area contributed by atoms with Crippen molar-refractivity contribution >= 4 is 15.9 Å². The molecule has 3 rings (SSSR count). The SMILES string of the molecule is COc1ccc(S(=O)(=O)N2CCN(C(=O)COc3ccc(C(C)(C)C)cc3)CC2)cc1OC. The maximum absolute atomic E-state index is 13.0. The number of nitrogens with zero attached hydrogens (tertiary/aromatic N) is 2. The van der Waals surface area contributed by atoms with Gasteiger partial charge < -0.3 is 19.1 Å². The highest BCUT2D eigenvalue weighted by molar-refractivity contribution is 7.89. The molecule has 0 unspecified atom stereocenters. The first-order chi connectivity index (χ1) is 15.6. The van der Waals surface area contributed by atoms with E-state index in [0.717, 1.165) is 0 Å². The van der Waals surface area contributed by atoms with Gasteiger partial charge in [0, 0.05) is 32.2 Å². The fraction of sp³-hybridized carbons (Fsp3) is 0.458. The van der Waals surface area contributed by atoms with Crippen LogP contribution in [-0.4, -0.2) is 70.5 Å². The first kappa shape index (κ1) is 24.9. The van der Waals surface area contributed by atoms with E-state index in [9.17, 15) is 13.2 Å². The summed E-state index contributed by atoms with van der Waals surface area (Å²) < 4.78 is 43.5. The third-order valence-corrected chi connectivity index (χ3v) is 7.56. The monoisotopic (exact) mass is 476 g/mol. The van der Waals surface area contributed by atoms with E-state index in [2.05, 4.69) is 20.8 Å². The van der Waals surface area contributed by atoms with E-state index >= 15 is 0 Å². The number of amides is 1. The summed E-state index contributed by atoms with van der Waals surface area (Å²) in [5.41, 5.74) is 1.23. The molecule has 2 aromatic rings. The molecule has 1 amide bonds. The largest absolute Gasteiger partial charge is 0.493 e. The molecule has 0 aliphatic carbocycles. The van der Waals surface area contributed by atoms with Crippen molar-refractivity contribution in [2.24, 2.45) is 0 Å². The van der Waals surface area contributed by atoms with Crippen molar-refractivity contribution in [2.75, 3.05) is 47.0 Å². The maximum atomic E-state index is 13.0. The lowest BCUT2D eigenvalue weighted by Gasteiger charge is -2.34. The summed E-state index contributed by atoms with van der Waals surface area (Å²) in [5.74, 6) is 1.27. The van der Waals surface area contributed by atoms with Crippen LogP contribution in [0.25, 0.3) is 0 Å². The quantitative estimate of drug-likeness (QED) is 0.611. The Labute approximate surface area is 196 Å². The highest BCUT2D eigenvalue weighted by atomic mass is 32.2. The van der Waals surface area contributed by atoms with Crippen LogP contribution in [0.1, 0.15) is 26.3 Å². The first-order valence-corrected chi connectivity index (χ1v) is 12.2. The predicted octanol–water partition coefficient (Wildman–Crippen LogP) is 2.91. The molecule has 0 atom stereocenters. The van der Waals surface area contributed by atoms with Crippen LogP contribution < -0.4 is 14.2 Å². The average molecular weight is 477 g/mol. The second kappa shape index (κ2) is 10.0. The zero-order valence-electron chi connectivity index (χ0n) is 19.8. The van der Waals surface area contributed by atoms with Gasteiger partial charge in [-0.15, -0.1) is 0 Å². The second-order valence-electron chi connectivity index (χ2n) is 8.86. The molecule has 8 nitrogen and oxygen atoms in total. The van der Waals surface area contributed by atoms with Gasteiger partial charge in [0.2, 0.25) is 10.0 Å². The number of methoxy groups -OCH3 is 2. The first-order valence-electron chi connectivity index (χ1n) is 10.8. The minimum atomic E-state index is -3.71. The summed E-state index contributed by atoms with van der Waals surface area (Å²) in [5, 5.41) is 0. The maximum Gasteiger partial charge on any atom is 0.260 e. The Morgan fingerprint density at radius 1 is 0.909 bits per heavy atom. The smallest absolute Gasteiger partial charge is 0.260 e. The number of hydrogen-bond donors (Lipinski definition) is 0. The Kier molecular flexibility index (Phi) is 7.54. The summed E-state index contributed by atoms with van der Waals surface area (Å²) in [6, 6.07) is 12.2. The standard InChI is InChI=1S/C24H32N2O6S/c1-24(2,3)18-6-8-19(9-7-18)32-17-23(27)25-12-14-26(15-13-25)33(28,29)20-10-11-21(30-4)22(16-20)31-5/h6-11,16H,12-15,17H2,1-5H3. The second-order valence-corrected chi connectivity index (χ2v) is 10.8. The number of ether oxygens (including phenoxy) is 3. The number of benzene rings is 2. The molecule has 0 saturated carbocycles. The zero-order chi connectivity index (χ0) is 24.2. The molecule has 180 valence electrons. The molecule has 33 heavy (non-hydrogen) atoms. The molecule has 0 aromatic heterocycles. The number of piperazine rings is 1. The van der Waals surface area contributed by atoms with Gasteiger partial charge in [0.15, 0.2) is 18.1 Å². The lowest BCUT2D eigenvalue weighted by molar-refractivity contribution is -0.134. The van der Waals surface area contributed by atoms with Gasteiger partial charge >= 0.3 is 0 Å². The van der Waals surface area contributed by atoms with Gasteiger partial charge in [0.25, 0.3) is 5.91 Å².